The number of rotatable bonds is 1. The van der Waals surface area contributed by atoms with Gasteiger partial charge in [0.05, 0.1) is 10.7 Å². The fourth-order valence-electron chi connectivity index (χ4n) is 1.17. The number of halogens is 2. The molecule has 2 aromatic rings. The Bertz CT molecular complexity index is 440. The van der Waals surface area contributed by atoms with Crippen molar-refractivity contribution in [2.24, 2.45) is 0 Å². The Labute approximate surface area is 92.3 Å². The van der Waals surface area contributed by atoms with E-state index in [9.17, 15) is 0 Å². The predicted molar refractivity (Wildman–Crippen MR) is 58.5 cm³/mol. The van der Waals surface area contributed by atoms with Crippen LogP contribution in [0.25, 0.3) is 11.3 Å². The van der Waals surface area contributed by atoms with Gasteiger partial charge in [0.25, 0.3) is 0 Å². The second-order valence-electron chi connectivity index (χ2n) is 2.77. The smallest absolute Gasteiger partial charge is 0.0723 e. The van der Waals surface area contributed by atoms with Crippen molar-refractivity contribution in [1.82, 2.24) is 4.98 Å². The second kappa shape index (κ2) is 3.99. The van der Waals surface area contributed by atoms with Crippen LogP contribution < -0.4 is 0 Å². The molecule has 2 rings (SSSR count). The van der Waals surface area contributed by atoms with Crippen molar-refractivity contribution in [3.63, 3.8) is 0 Å². The Balaban J connectivity index is 2.57. The monoisotopic (exact) mass is 222 g/mol. The van der Waals surface area contributed by atoms with Gasteiger partial charge >= 0.3 is 0 Å². The van der Waals surface area contributed by atoms with E-state index in [0.717, 1.165) is 11.3 Å². The largest absolute Gasteiger partial charge is 0.256 e. The van der Waals surface area contributed by atoms with Crippen molar-refractivity contribution >= 4 is 23.2 Å². The molecule has 3 heteroatoms. The summed E-state index contributed by atoms with van der Waals surface area (Å²) in [5.74, 6) is 0. The zero-order valence-electron chi connectivity index (χ0n) is 7.17. The number of pyridine rings is 1. The molecule has 1 aromatic carbocycles. The van der Waals surface area contributed by atoms with Crippen molar-refractivity contribution in [2.45, 2.75) is 0 Å². The first-order chi connectivity index (χ1) is 6.77. The summed E-state index contributed by atoms with van der Waals surface area (Å²) in [7, 11) is 0. The summed E-state index contributed by atoms with van der Waals surface area (Å²) < 4.78 is 0. The third-order valence-corrected chi connectivity index (χ3v) is 2.37. The second-order valence-corrected chi connectivity index (χ2v) is 3.61. The molecule has 0 unspecified atom stereocenters. The topological polar surface area (TPSA) is 12.9 Å². The van der Waals surface area contributed by atoms with Crippen LogP contribution in [0.15, 0.2) is 36.5 Å². The number of hydrogen-bond acceptors (Lipinski definition) is 1. The molecule has 0 aliphatic carbocycles. The summed E-state index contributed by atoms with van der Waals surface area (Å²) in [6.45, 7) is 0. The van der Waals surface area contributed by atoms with E-state index in [-0.39, 0.29) is 0 Å². The highest BCUT2D eigenvalue weighted by Gasteiger charge is 2.04. The fraction of sp³-hybridized carbons (Fsp3) is 0. The van der Waals surface area contributed by atoms with Crippen molar-refractivity contribution in [2.75, 3.05) is 0 Å². The summed E-state index contributed by atoms with van der Waals surface area (Å²) in [4.78, 5) is 4.18. The molecule has 14 heavy (non-hydrogen) atoms. The first-order valence-electron chi connectivity index (χ1n) is 4.05. The van der Waals surface area contributed by atoms with Crippen LogP contribution in [0, 0.1) is 6.07 Å². The maximum atomic E-state index is 6.02. The molecule has 0 N–H and O–H groups in total. The number of nitrogens with zero attached hydrogens (tertiary/aromatic N) is 1. The van der Waals surface area contributed by atoms with E-state index in [4.69, 9.17) is 23.2 Å². The molecule has 0 aliphatic rings. The average molecular weight is 223 g/mol. The van der Waals surface area contributed by atoms with Crippen LogP contribution in [0.3, 0.4) is 0 Å². The first-order valence-corrected chi connectivity index (χ1v) is 4.80. The van der Waals surface area contributed by atoms with E-state index in [2.05, 4.69) is 11.1 Å². The lowest BCUT2D eigenvalue weighted by Crippen LogP contribution is -1.83. The quantitative estimate of drug-likeness (QED) is 0.715. The molecule has 69 valence electrons. The van der Waals surface area contributed by atoms with Crippen LogP contribution in [0.2, 0.25) is 10.0 Å². The Hall–Kier alpha value is -1.05. The highest BCUT2D eigenvalue weighted by Crippen LogP contribution is 2.28. The van der Waals surface area contributed by atoms with Gasteiger partial charge in [-0.2, -0.15) is 0 Å². The Kier molecular flexibility index (Phi) is 2.71. The van der Waals surface area contributed by atoms with Crippen molar-refractivity contribution in [3.05, 3.63) is 52.6 Å². The lowest BCUT2D eigenvalue weighted by atomic mass is 10.1. The molecule has 0 amide bonds. The molecule has 0 atom stereocenters. The van der Waals surface area contributed by atoms with Gasteiger partial charge in [-0.25, -0.2) is 0 Å². The minimum Gasteiger partial charge on any atom is -0.256 e. The van der Waals surface area contributed by atoms with Crippen molar-refractivity contribution in [3.8, 4) is 11.3 Å². The highest BCUT2D eigenvalue weighted by molar-refractivity contribution is 6.35. The summed E-state index contributed by atoms with van der Waals surface area (Å²) in [6.07, 6.45) is 1.67. The van der Waals surface area contributed by atoms with Gasteiger partial charge in [0.15, 0.2) is 0 Å². The third kappa shape index (κ3) is 1.89. The normalized spacial score (nSPS) is 10.1. The van der Waals surface area contributed by atoms with E-state index >= 15 is 0 Å². The highest BCUT2D eigenvalue weighted by atomic mass is 35.5. The van der Waals surface area contributed by atoms with E-state index in [0.29, 0.717) is 10.0 Å². The lowest BCUT2D eigenvalue weighted by Gasteiger charge is -2.03. The van der Waals surface area contributed by atoms with Crippen molar-refractivity contribution in [1.29, 1.82) is 0 Å². The van der Waals surface area contributed by atoms with Gasteiger partial charge in [0.2, 0.25) is 0 Å². The molecular weight excluding hydrogens is 217 g/mol. The standard InChI is InChI=1S/C11H6Cl2N/c12-8-4-5-10(13)9(7-8)11-3-1-2-6-14-11/h2-7H. The molecule has 1 heterocycles. The first kappa shape index (κ1) is 9.50. The molecule has 0 spiro atoms. The van der Waals surface area contributed by atoms with Crippen LogP contribution >= 0.6 is 23.2 Å². The molecular formula is C11H6Cl2N. The van der Waals surface area contributed by atoms with E-state index < -0.39 is 0 Å². The molecule has 0 aliphatic heterocycles. The van der Waals surface area contributed by atoms with Gasteiger partial charge in [-0.15, -0.1) is 0 Å². The van der Waals surface area contributed by atoms with Gasteiger partial charge in [-0.3, -0.25) is 4.98 Å². The Morgan fingerprint density at radius 1 is 1.21 bits per heavy atom. The zero-order chi connectivity index (χ0) is 9.97. The summed E-state index contributed by atoms with van der Waals surface area (Å²) in [5.41, 5.74) is 1.61. The fourth-order valence-corrected chi connectivity index (χ4v) is 1.55. The molecule has 1 nitrogen and oxygen atoms in total. The van der Waals surface area contributed by atoms with Crippen LogP contribution in [0.1, 0.15) is 0 Å². The molecule has 0 fully saturated rings. The lowest BCUT2D eigenvalue weighted by molar-refractivity contribution is 1.32. The summed E-state index contributed by atoms with van der Waals surface area (Å²) >= 11 is 11.9. The SMILES string of the molecule is Clc1ccc(Cl)c(-c2c[c]ccn2)c1. The Morgan fingerprint density at radius 3 is 2.79 bits per heavy atom. The van der Waals surface area contributed by atoms with Gasteiger partial charge in [-0.1, -0.05) is 23.2 Å². The molecule has 0 saturated heterocycles. The van der Waals surface area contributed by atoms with Gasteiger partial charge in [0.1, 0.15) is 0 Å². The maximum absolute atomic E-state index is 6.02. The molecule has 1 radical (unpaired) electrons. The van der Waals surface area contributed by atoms with Crippen LogP contribution in [-0.4, -0.2) is 4.98 Å². The number of aromatic nitrogens is 1. The summed E-state index contributed by atoms with van der Waals surface area (Å²) in [5, 5.41) is 1.29. The van der Waals surface area contributed by atoms with Gasteiger partial charge in [0, 0.05) is 16.8 Å². The number of hydrogen-bond donors (Lipinski definition) is 0. The molecule has 1 aromatic heterocycles. The van der Waals surface area contributed by atoms with Crippen LogP contribution in [-0.2, 0) is 0 Å². The number of benzene rings is 1. The van der Waals surface area contributed by atoms with Crippen LogP contribution in [0.5, 0.6) is 0 Å². The minimum atomic E-state index is 0.640. The zero-order valence-corrected chi connectivity index (χ0v) is 8.68. The maximum Gasteiger partial charge on any atom is 0.0723 e. The molecule has 0 saturated carbocycles. The predicted octanol–water partition coefficient (Wildman–Crippen LogP) is 3.86. The van der Waals surface area contributed by atoms with Gasteiger partial charge in [-0.05, 0) is 36.4 Å². The Morgan fingerprint density at radius 2 is 2.07 bits per heavy atom. The average Bonchev–Trinajstić information content (AvgIpc) is 2.23. The summed E-state index contributed by atoms with van der Waals surface area (Å²) in [6, 6.07) is 11.8. The third-order valence-electron chi connectivity index (χ3n) is 1.81. The minimum absolute atomic E-state index is 0.640. The van der Waals surface area contributed by atoms with Gasteiger partial charge < -0.3 is 0 Å². The van der Waals surface area contributed by atoms with E-state index in [1.807, 2.05) is 0 Å². The van der Waals surface area contributed by atoms with Crippen LogP contribution in [0.4, 0.5) is 0 Å². The van der Waals surface area contributed by atoms with Crippen molar-refractivity contribution < 1.29 is 0 Å². The van der Waals surface area contributed by atoms with E-state index in [1.165, 1.54) is 0 Å². The van der Waals surface area contributed by atoms with E-state index in [1.54, 1.807) is 36.5 Å². The molecule has 0 bridgehead atoms.